The van der Waals surface area contributed by atoms with Crippen LogP contribution in [0.15, 0.2) is 18.2 Å². The highest BCUT2D eigenvalue weighted by Crippen LogP contribution is 2.41. The van der Waals surface area contributed by atoms with Crippen LogP contribution in [0.1, 0.15) is 18.0 Å². The van der Waals surface area contributed by atoms with Crippen molar-refractivity contribution in [2.45, 2.75) is 18.8 Å². The van der Waals surface area contributed by atoms with Crippen LogP contribution in [0.5, 0.6) is 11.5 Å². The van der Waals surface area contributed by atoms with Gasteiger partial charge in [-0.3, -0.25) is 4.39 Å². The second-order valence-corrected chi connectivity index (χ2v) is 3.46. The Balaban J connectivity index is 2.22. The first-order valence-corrected chi connectivity index (χ1v) is 4.73. The van der Waals surface area contributed by atoms with Gasteiger partial charge in [-0.25, -0.2) is 0 Å². The van der Waals surface area contributed by atoms with E-state index in [0.29, 0.717) is 5.56 Å². The van der Waals surface area contributed by atoms with E-state index in [1.807, 2.05) is 0 Å². The lowest BCUT2D eigenvalue weighted by molar-refractivity contribution is -0.286. The third-order valence-electron chi connectivity index (χ3n) is 2.27. The summed E-state index contributed by atoms with van der Waals surface area (Å²) in [6.07, 6.45) is -3.50. The Labute approximate surface area is 89.9 Å². The summed E-state index contributed by atoms with van der Waals surface area (Å²) >= 11 is 0. The molecule has 2 rings (SSSR count). The fourth-order valence-corrected chi connectivity index (χ4v) is 1.48. The van der Waals surface area contributed by atoms with Crippen molar-refractivity contribution in [3.63, 3.8) is 0 Å². The van der Waals surface area contributed by atoms with Crippen molar-refractivity contribution in [2.75, 3.05) is 6.67 Å². The molecule has 1 aromatic rings. The Morgan fingerprint density at radius 3 is 2.62 bits per heavy atom. The van der Waals surface area contributed by atoms with E-state index in [2.05, 4.69) is 9.47 Å². The molecule has 0 aliphatic carbocycles. The van der Waals surface area contributed by atoms with Crippen LogP contribution in [0, 0.1) is 0 Å². The van der Waals surface area contributed by atoms with Crippen molar-refractivity contribution < 1.29 is 22.6 Å². The van der Waals surface area contributed by atoms with Crippen molar-refractivity contribution in [1.82, 2.24) is 0 Å². The van der Waals surface area contributed by atoms with Crippen molar-refractivity contribution in [1.29, 1.82) is 0 Å². The molecular weight excluding hydrogens is 223 g/mol. The van der Waals surface area contributed by atoms with Gasteiger partial charge in [0.2, 0.25) is 0 Å². The van der Waals surface area contributed by atoms with Gasteiger partial charge >= 0.3 is 6.29 Å². The maximum absolute atomic E-state index is 12.7. The first kappa shape index (κ1) is 11.1. The quantitative estimate of drug-likeness (QED) is 0.871. The predicted octanol–water partition coefficient (Wildman–Crippen LogP) is 2.37. The number of fused-ring (bicyclic) bond motifs is 1. The van der Waals surface area contributed by atoms with Crippen molar-refractivity contribution in [3.05, 3.63) is 23.8 Å². The molecule has 0 unspecified atom stereocenters. The molecule has 2 N–H and O–H groups in total. The van der Waals surface area contributed by atoms with Crippen LogP contribution in [0.4, 0.5) is 13.2 Å². The van der Waals surface area contributed by atoms with Gasteiger partial charge in [-0.15, -0.1) is 8.78 Å². The fraction of sp³-hybridized carbons (Fsp3) is 0.400. The van der Waals surface area contributed by atoms with Crippen LogP contribution in [0.3, 0.4) is 0 Å². The van der Waals surface area contributed by atoms with E-state index in [4.69, 9.17) is 5.73 Å². The fourth-order valence-electron chi connectivity index (χ4n) is 1.48. The standard InChI is InChI=1S/C10H10F3NO2/c11-4-3-7(14)6-1-2-8-9(5-6)16-10(12,13)15-8/h1-2,5,7H,3-4,14H2/t7-/m0/s1. The Morgan fingerprint density at radius 2 is 1.94 bits per heavy atom. The van der Waals surface area contributed by atoms with E-state index in [1.54, 1.807) is 0 Å². The van der Waals surface area contributed by atoms with Crippen LogP contribution >= 0.6 is 0 Å². The van der Waals surface area contributed by atoms with E-state index in [1.165, 1.54) is 18.2 Å². The Morgan fingerprint density at radius 1 is 1.25 bits per heavy atom. The summed E-state index contributed by atoms with van der Waals surface area (Å²) in [4.78, 5) is 0. The largest absolute Gasteiger partial charge is 0.586 e. The third kappa shape index (κ3) is 2.06. The van der Waals surface area contributed by atoms with Gasteiger partial charge in [0.05, 0.1) is 6.67 Å². The van der Waals surface area contributed by atoms with Crippen LogP contribution < -0.4 is 15.2 Å². The molecule has 0 radical (unpaired) electrons. The number of nitrogens with two attached hydrogens (primary N) is 1. The lowest BCUT2D eigenvalue weighted by Gasteiger charge is -2.09. The van der Waals surface area contributed by atoms with Gasteiger partial charge in [0.1, 0.15) is 0 Å². The van der Waals surface area contributed by atoms with Gasteiger partial charge < -0.3 is 15.2 Å². The molecule has 0 amide bonds. The zero-order chi connectivity index (χ0) is 11.8. The minimum Gasteiger partial charge on any atom is -0.395 e. The SMILES string of the molecule is N[C@@H](CCF)c1ccc2c(c1)OC(F)(F)O2. The molecule has 0 saturated carbocycles. The second kappa shape index (κ2) is 3.86. The molecule has 88 valence electrons. The molecule has 0 fully saturated rings. The van der Waals surface area contributed by atoms with Gasteiger partial charge in [-0.1, -0.05) is 6.07 Å². The molecule has 0 bridgehead atoms. The summed E-state index contributed by atoms with van der Waals surface area (Å²) in [5.41, 5.74) is 6.18. The van der Waals surface area contributed by atoms with E-state index < -0.39 is 19.0 Å². The molecule has 1 aliphatic rings. The molecule has 3 nitrogen and oxygen atoms in total. The summed E-state index contributed by atoms with van der Waals surface area (Å²) in [5, 5.41) is 0. The number of hydrogen-bond acceptors (Lipinski definition) is 3. The highest BCUT2D eigenvalue weighted by atomic mass is 19.3. The minimum atomic E-state index is -3.63. The normalized spacial score (nSPS) is 18.5. The van der Waals surface area contributed by atoms with Crippen LogP contribution in [-0.4, -0.2) is 13.0 Å². The van der Waals surface area contributed by atoms with Gasteiger partial charge in [0, 0.05) is 6.04 Å². The predicted molar refractivity (Wildman–Crippen MR) is 50.2 cm³/mol. The highest BCUT2D eigenvalue weighted by molar-refractivity contribution is 5.45. The van der Waals surface area contributed by atoms with Crippen LogP contribution in [-0.2, 0) is 0 Å². The molecule has 1 aromatic carbocycles. The molecular formula is C10H10F3NO2. The summed E-state index contributed by atoms with van der Waals surface area (Å²) < 4.78 is 45.9. The number of ether oxygens (including phenoxy) is 2. The van der Waals surface area contributed by atoms with Gasteiger partial charge in [-0.05, 0) is 24.1 Å². The summed E-state index contributed by atoms with van der Waals surface area (Å²) in [5.74, 6) is -0.113. The van der Waals surface area contributed by atoms with E-state index in [9.17, 15) is 13.2 Å². The maximum Gasteiger partial charge on any atom is 0.586 e. The average molecular weight is 233 g/mol. The monoisotopic (exact) mass is 233 g/mol. The summed E-state index contributed by atoms with van der Waals surface area (Å²) in [7, 11) is 0. The highest BCUT2D eigenvalue weighted by Gasteiger charge is 2.43. The van der Waals surface area contributed by atoms with Gasteiger partial charge in [-0.2, -0.15) is 0 Å². The lowest BCUT2D eigenvalue weighted by atomic mass is 10.0. The Bertz CT molecular complexity index is 398. The third-order valence-corrected chi connectivity index (χ3v) is 2.27. The van der Waals surface area contributed by atoms with E-state index >= 15 is 0 Å². The number of hydrogen-bond donors (Lipinski definition) is 1. The van der Waals surface area contributed by atoms with E-state index in [0.717, 1.165) is 0 Å². The topological polar surface area (TPSA) is 44.5 Å². The molecule has 6 heteroatoms. The lowest BCUT2D eigenvalue weighted by Crippen LogP contribution is -2.25. The zero-order valence-electron chi connectivity index (χ0n) is 8.25. The van der Waals surface area contributed by atoms with Crippen LogP contribution in [0.2, 0.25) is 0 Å². The number of alkyl halides is 3. The molecule has 0 aromatic heterocycles. The summed E-state index contributed by atoms with van der Waals surface area (Å²) in [6.45, 7) is -0.564. The first-order chi connectivity index (χ1) is 7.52. The van der Waals surface area contributed by atoms with Crippen molar-refractivity contribution in [3.8, 4) is 11.5 Å². The van der Waals surface area contributed by atoms with Crippen molar-refractivity contribution in [2.24, 2.45) is 5.73 Å². The summed E-state index contributed by atoms with van der Waals surface area (Å²) in [6, 6.07) is 3.66. The van der Waals surface area contributed by atoms with Crippen LogP contribution in [0.25, 0.3) is 0 Å². The second-order valence-electron chi connectivity index (χ2n) is 3.46. The Kier molecular flexibility index (Phi) is 2.67. The van der Waals surface area contributed by atoms with Crippen molar-refractivity contribution >= 4 is 0 Å². The molecule has 16 heavy (non-hydrogen) atoms. The minimum absolute atomic E-state index is 0.0406. The Hall–Kier alpha value is -1.43. The first-order valence-electron chi connectivity index (χ1n) is 4.73. The molecule has 1 atom stereocenters. The smallest absolute Gasteiger partial charge is 0.395 e. The molecule has 1 aliphatic heterocycles. The number of benzene rings is 1. The number of rotatable bonds is 3. The number of halogens is 3. The molecule has 1 heterocycles. The maximum atomic E-state index is 12.7. The average Bonchev–Trinajstić information content (AvgIpc) is 2.50. The molecule has 0 spiro atoms. The zero-order valence-corrected chi connectivity index (χ0v) is 8.25. The van der Waals surface area contributed by atoms with E-state index in [-0.39, 0.29) is 17.9 Å². The van der Waals surface area contributed by atoms with Gasteiger partial charge in [0.15, 0.2) is 11.5 Å². The van der Waals surface area contributed by atoms with Gasteiger partial charge in [0.25, 0.3) is 0 Å². The molecule has 0 saturated heterocycles.